The molecule has 2 N–H and O–H groups in total. The lowest BCUT2D eigenvalue weighted by Crippen LogP contribution is -2.29. The van der Waals surface area contributed by atoms with Crippen molar-refractivity contribution >= 4 is 23.8 Å². The Hall–Kier alpha value is -2.89. The third kappa shape index (κ3) is 3.37. The standard InChI is InChI=1S/C18H20N4O2/c23-13-19-9-4-11-21-18(24)15-6-3-10-20-17(15)22-12-8-14-5-1-2-7-16(14)22/h1-3,5-7,10,13H,4,8-9,11-12H2,(H,19,23)(H,21,24). The molecule has 0 fully saturated rings. The summed E-state index contributed by atoms with van der Waals surface area (Å²) < 4.78 is 0. The monoisotopic (exact) mass is 324 g/mol. The number of carbonyl (C=O) groups excluding carboxylic acids is 2. The summed E-state index contributed by atoms with van der Waals surface area (Å²) in [6.45, 7) is 1.87. The SMILES string of the molecule is O=CNCCCNC(=O)c1cccnc1N1CCc2ccccc21. The zero-order chi connectivity index (χ0) is 16.8. The van der Waals surface area contributed by atoms with Crippen molar-refractivity contribution in [3.05, 3.63) is 53.7 Å². The number of rotatable bonds is 7. The number of hydrogen-bond acceptors (Lipinski definition) is 4. The zero-order valence-corrected chi connectivity index (χ0v) is 13.4. The Morgan fingerprint density at radius 2 is 2.08 bits per heavy atom. The maximum atomic E-state index is 12.5. The van der Waals surface area contributed by atoms with Crippen LogP contribution >= 0.6 is 0 Å². The maximum Gasteiger partial charge on any atom is 0.255 e. The van der Waals surface area contributed by atoms with Crippen LogP contribution in [0.2, 0.25) is 0 Å². The number of nitrogens with one attached hydrogen (secondary N) is 2. The third-order valence-electron chi connectivity index (χ3n) is 4.04. The first-order chi connectivity index (χ1) is 11.8. The van der Waals surface area contributed by atoms with Crippen molar-refractivity contribution in [2.45, 2.75) is 12.8 Å². The summed E-state index contributed by atoms with van der Waals surface area (Å²) in [6, 6.07) is 11.8. The highest BCUT2D eigenvalue weighted by Crippen LogP contribution is 2.34. The number of para-hydroxylation sites is 1. The number of hydrogen-bond donors (Lipinski definition) is 2. The molecule has 1 aliphatic heterocycles. The van der Waals surface area contributed by atoms with E-state index in [-0.39, 0.29) is 5.91 Å². The summed E-state index contributed by atoms with van der Waals surface area (Å²) in [7, 11) is 0. The molecule has 3 rings (SSSR count). The Labute approximate surface area is 140 Å². The molecule has 24 heavy (non-hydrogen) atoms. The first-order valence-electron chi connectivity index (χ1n) is 8.07. The number of pyridine rings is 1. The first-order valence-corrected chi connectivity index (χ1v) is 8.07. The van der Waals surface area contributed by atoms with Gasteiger partial charge in [0.05, 0.1) is 5.56 Å². The van der Waals surface area contributed by atoms with Gasteiger partial charge in [-0.15, -0.1) is 0 Å². The number of nitrogens with zero attached hydrogens (tertiary/aromatic N) is 2. The molecule has 2 aromatic rings. The van der Waals surface area contributed by atoms with Crippen molar-refractivity contribution in [1.29, 1.82) is 0 Å². The quantitative estimate of drug-likeness (QED) is 0.600. The van der Waals surface area contributed by atoms with E-state index in [1.165, 1.54) is 5.56 Å². The molecule has 1 aliphatic rings. The molecule has 124 valence electrons. The second kappa shape index (κ2) is 7.59. The van der Waals surface area contributed by atoms with Crippen LogP contribution in [0.1, 0.15) is 22.3 Å². The van der Waals surface area contributed by atoms with Gasteiger partial charge in [0.25, 0.3) is 5.91 Å². The molecule has 0 atom stereocenters. The molecular weight excluding hydrogens is 304 g/mol. The molecule has 0 saturated heterocycles. The predicted molar refractivity (Wildman–Crippen MR) is 92.4 cm³/mol. The van der Waals surface area contributed by atoms with Crippen LogP contribution in [0.3, 0.4) is 0 Å². The number of carbonyl (C=O) groups is 2. The second-order valence-electron chi connectivity index (χ2n) is 5.59. The summed E-state index contributed by atoms with van der Waals surface area (Å²) in [5.74, 6) is 0.541. The molecule has 6 heteroatoms. The molecule has 2 heterocycles. The number of amides is 2. The molecule has 6 nitrogen and oxygen atoms in total. The summed E-state index contributed by atoms with van der Waals surface area (Å²) >= 11 is 0. The van der Waals surface area contributed by atoms with E-state index in [1.807, 2.05) is 12.1 Å². The van der Waals surface area contributed by atoms with Crippen molar-refractivity contribution in [3.63, 3.8) is 0 Å². The molecule has 2 amide bonds. The van der Waals surface area contributed by atoms with Crippen LogP contribution in [-0.4, -0.2) is 36.9 Å². The van der Waals surface area contributed by atoms with Gasteiger partial charge in [-0.1, -0.05) is 18.2 Å². The summed E-state index contributed by atoms with van der Waals surface area (Å²) in [6.07, 6.45) is 4.00. The fourth-order valence-electron chi connectivity index (χ4n) is 2.89. The maximum absolute atomic E-state index is 12.5. The summed E-state index contributed by atoms with van der Waals surface area (Å²) in [5.41, 5.74) is 2.95. The highest BCUT2D eigenvalue weighted by atomic mass is 16.1. The van der Waals surface area contributed by atoms with E-state index in [9.17, 15) is 9.59 Å². The van der Waals surface area contributed by atoms with E-state index in [4.69, 9.17) is 0 Å². The van der Waals surface area contributed by atoms with E-state index < -0.39 is 0 Å². The largest absolute Gasteiger partial charge is 0.359 e. The van der Waals surface area contributed by atoms with Crippen molar-refractivity contribution in [1.82, 2.24) is 15.6 Å². The van der Waals surface area contributed by atoms with Gasteiger partial charge in [0, 0.05) is 31.5 Å². The van der Waals surface area contributed by atoms with E-state index in [1.54, 1.807) is 18.3 Å². The second-order valence-corrected chi connectivity index (χ2v) is 5.59. The Morgan fingerprint density at radius 3 is 2.96 bits per heavy atom. The van der Waals surface area contributed by atoms with Gasteiger partial charge in [-0.25, -0.2) is 4.98 Å². The number of anilines is 2. The number of benzene rings is 1. The minimum absolute atomic E-state index is 0.145. The van der Waals surface area contributed by atoms with Gasteiger partial charge in [0.15, 0.2) is 0 Å². The lowest BCUT2D eigenvalue weighted by atomic mass is 10.1. The molecule has 0 bridgehead atoms. The van der Waals surface area contributed by atoms with Crippen LogP contribution in [0.5, 0.6) is 0 Å². The third-order valence-corrected chi connectivity index (χ3v) is 4.04. The highest BCUT2D eigenvalue weighted by molar-refractivity contribution is 5.99. The molecule has 1 aromatic heterocycles. The Bertz CT molecular complexity index is 732. The average molecular weight is 324 g/mol. The van der Waals surface area contributed by atoms with Crippen LogP contribution in [0.15, 0.2) is 42.6 Å². The molecule has 0 aliphatic carbocycles. The van der Waals surface area contributed by atoms with Crippen LogP contribution in [0.4, 0.5) is 11.5 Å². The van der Waals surface area contributed by atoms with E-state index in [0.29, 0.717) is 37.3 Å². The zero-order valence-electron chi connectivity index (χ0n) is 13.4. The minimum Gasteiger partial charge on any atom is -0.359 e. The Morgan fingerprint density at radius 1 is 1.21 bits per heavy atom. The highest BCUT2D eigenvalue weighted by Gasteiger charge is 2.24. The van der Waals surface area contributed by atoms with E-state index >= 15 is 0 Å². The fourth-order valence-corrected chi connectivity index (χ4v) is 2.89. The summed E-state index contributed by atoms with van der Waals surface area (Å²) in [4.78, 5) is 29.2. The molecule has 0 radical (unpaired) electrons. The van der Waals surface area contributed by atoms with Crippen LogP contribution in [0.25, 0.3) is 0 Å². The van der Waals surface area contributed by atoms with Gasteiger partial charge < -0.3 is 15.5 Å². The Balaban J connectivity index is 1.74. The van der Waals surface area contributed by atoms with Gasteiger partial charge >= 0.3 is 0 Å². The number of aromatic nitrogens is 1. The van der Waals surface area contributed by atoms with Crippen molar-refractivity contribution in [3.8, 4) is 0 Å². The van der Waals surface area contributed by atoms with Gasteiger partial charge in [-0.3, -0.25) is 9.59 Å². The molecule has 0 unspecified atom stereocenters. The van der Waals surface area contributed by atoms with Gasteiger partial charge in [-0.2, -0.15) is 0 Å². The minimum atomic E-state index is -0.145. The Kier molecular flexibility index (Phi) is 5.05. The van der Waals surface area contributed by atoms with Crippen LogP contribution in [0, 0.1) is 0 Å². The van der Waals surface area contributed by atoms with Gasteiger partial charge in [0.2, 0.25) is 6.41 Å². The van der Waals surface area contributed by atoms with Crippen LogP contribution in [-0.2, 0) is 11.2 Å². The van der Waals surface area contributed by atoms with Crippen molar-refractivity contribution in [2.24, 2.45) is 0 Å². The van der Waals surface area contributed by atoms with E-state index in [0.717, 1.165) is 18.7 Å². The normalized spacial score (nSPS) is 12.6. The smallest absolute Gasteiger partial charge is 0.255 e. The van der Waals surface area contributed by atoms with Crippen LogP contribution < -0.4 is 15.5 Å². The van der Waals surface area contributed by atoms with Gasteiger partial charge in [0.1, 0.15) is 5.82 Å². The topological polar surface area (TPSA) is 74.3 Å². The molecule has 1 aromatic carbocycles. The first kappa shape index (κ1) is 16.0. The molecular formula is C18H20N4O2. The average Bonchev–Trinajstić information content (AvgIpc) is 3.05. The predicted octanol–water partition coefficient (Wildman–Crippen LogP) is 1.64. The number of fused-ring (bicyclic) bond motifs is 1. The van der Waals surface area contributed by atoms with Crippen molar-refractivity contribution < 1.29 is 9.59 Å². The lowest BCUT2D eigenvalue weighted by molar-refractivity contribution is -0.109. The summed E-state index contributed by atoms with van der Waals surface area (Å²) in [5, 5.41) is 5.46. The molecule has 0 saturated carbocycles. The molecule has 0 spiro atoms. The lowest BCUT2D eigenvalue weighted by Gasteiger charge is -2.21. The fraction of sp³-hybridized carbons (Fsp3) is 0.278. The van der Waals surface area contributed by atoms with Gasteiger partial charge in [-0.05, 0) is 36.6 Å². The van der Waals surface area contributed by atoms with E-state index in [2.05, 4.69) is 32.7 Å². The van der Waals surface area contributed by atoms with Crippen molar-refractivity contribution in [2.75, 3.05) is 24.5 Å².